The van der Waals surface area contributed by atoms with Crippen LogP contribution in [0.25, 0.3) is 0 Å². The quantitative estimate of drug-likeness (QED) is 0.918. The van der Waals surface area contributed by atoms with Gasteiger partial charge in [-0.25, -0.2) is 0 Å². The normalized spacial score (nSPS) is 26.8. The number of aryl methyl sites for hydroxylation is 1. The standard InChI is InChI=1S/C16H26N4O/c1-13-7-8-16(19-18-13)20-9-4-5-14(12-20)17-11-15-6-2-3-10-21-15/h7-8,14-15,17H,2-6,9-12H2,1H3/t14-,15+/m0/s1. The molecular weight excluding hydrogens is 264 g/mol. The van der Waals surface area contributed by atoms with E-state index in [9.17, 15) is 0 Å². The molecule has 0 bridgehead atoms. The van der Waals surface area contributed by atoms with Crippen LogP contribution in [0.15, 0.2) is 12.1 Å². The molecule has 1 aromatic heterocycles. The Kier molecular flexibility index (Phi) is 5.04. The third-order valence-electron chi connectivity index (χ3n) is 4.44. The minimum absolute atomic E-state index is 0.410. The third-order valence-corrected chi connectivity index (χ3v) is 4.44. The van der Waals surface area contributed by atoms with Crippen LogP contribution in [0.1, 0.15) is 37.8 Å². The summed E-state index contributed by atoms with van der Waals surface area (Å²) in [6.45, 7) is 5.99. The minimum Gasteiger partial charge on any atom is -0.377 e. The number of piperidine rings is 1. The molecule has 2 saturated heterocycles. The first-order chi connectivity index (χ1) is 10.3. The fourth-order valence-electron chi connectivity index (χ4n) is 3.18. The van der Waals surface area contributed by atoms with Crippen molar-refractivity contribution in [2.24, 2.45) is 0 Å². The van der Waals surface area contributed by atoms with Gasteiger partial charge >= 0.3 is 0 Å². The van der Waals surface area contributed by atoms with Gasteiger partial charge in [-0.15, -0.1) is 5.10 Å². The molecule has 2 atom stereocenters. The molecule has 1 N–H and O–H groups in total. The zero-order valence-electron chi connectivity index (χ0n) is 12.9. The largest absolute Gasteiger partial charge is 0.377 e. The molecule has 3 heterocycles. The van der Waals surface area contributed by atoms with Crippen molar-refractivity contribution in [1.82, 2.24) is 15.5 Å². The van der Waals surface area contributed by atoms with Gasteiger partial charge in [-0.1, -0.05) is 0 Å². The lowest BCUT2D eigenvalue weighted by molar-refractivity contribution is 0.0151. The predicted octanol–water partition coefficient (Wildman–Crippen LogP) is 1.91. The summed E-state index contributed by atoms with van der Waals surface area (Å²) in [6.07, 6.45) is 6.59. The fourth-order valence-corrected chi connectivity index (χ4v) is 3.18. The number of hydrogen-bond acceptors (Lipinski definition) is 5. The van der Waals surface area contributed by atoms with Crippen molar-refractivity contribution in [3.05, 3.63) is 17.8 Å². The molecule has 0 amide bonds. The monoisotopic (exact) mass is 290 g/mol. The Morgan fingerprint density at radius 1 is 1.24 bits per heavy atom. The highest BCUT2D eigenvalue weighted by molar-refractivity contribution is 5.38. The maximum atomic E-state index is 5.80. The van der Waals surface area contributed by atoms with Gasteiger partial charge in [0.15, 0.2) is 5.82 Å². The van der Waals surface area contributed by atoms with Crippen molar-refractivity contribution in [3.63, 3.8) is 0 Å². The molecule has 2 aliphatic heterocycles. The van der Waals surface area contributed by atoms with E-state index in [2.05, 4.69) is 26.5 Å². The number of nitrogens with one attached hydrogen (secondary N) is 1. The van der Waals surface area contributed by atoms with Gasteiger partial charge in [0.2, 0.25) is 0 Å². The van der Waals surface area contributed by atoms with Crippen molar-refractivity contribution >= 4 is 5.82 Å². The number of ether oxygens (including phenoxy) is 1. The molecule has 1 aromatic rings. The fraction of sp³-hybridized carbons (Fsp3) is 0.750. The molecule has 0 aliphatic carbocycles. The van der Waals surface area contributed by atoms with Crippen LogP contribution >= 0.6 is 0 Å². The second-order valence-electron chi connectivity index (χ2n) is 6.21. The van der Waals surface area contributed by atoms with E-state index in [1.54, 1.807) is 0 Å². The Morgan fingerprint density at radius 2 is 2.19 bits per heavy atom. The first-order valence-electron chi connectivity index (χ1n) is 8.21. The Balaban J connectivity index is 1.49. The maximum absolute atomic E-state index is 5.80. The van der Waals surface area contributed by atoms with Crippen molar-refractivity contribution in [2.45, 2.75) is 51.2 Å². The topological polar surface area (TPSA) is 50.3 Å². The molecule has 0 aromatic carbocycles. The van der Waals surface area contributed by atoms with E-state index in [0.717, 1.165) is 37.8 Å². The van der Waals surface area contributed by atoms with E-state index in [1.165, 1.54) is 32.1 Å². The first-order valence-corrected chi connectivity index (χ1v) is 8.21. The van der Waals surface area contributed by atoms with Gasteiger partial charge in [0.1, 0.15) is 0 Å². The number of rotatable bonds is 4. The van der Waals surface area contributed by atoms with Gasteiger partial charge in [-0.3, -0.25) is 0 Å². The summed E-state index contributed by atoms with van der Waals surface area (Å²) in [6, 6.07) is 4.65. The van der Waals surface area contributed by atoms with Gasteiger partial charge in [-0.05, 0) is 51.2 Å². The van der Waals surface area contributed by atoms with Crippen LogP contribution in [0.2, 0.25) is 0 Å². The Hall–Kier alpha value is -1.20. The zero-order valence-corrected chi connectivity index (χ0v) is 12.9. The lowest BCUT2D eigenvalue weighted by atomic mass is 10.0. The molecule has 0 spiro atoms. The van der Waals surface area contributed by atoms with Crippen molar-refractivity contribution < 1.29 is 4.74 Å². The van der Waals surface area contributed by atoms with Gasteiger partial charge in [0.25, 0.3) is 0 Å². The Labute approximate surface area is 127 Å². The molecule has 2 fully saturated rings. The molecule has 5 heteroatoms. The lowest BCUT2D eigenvalue weighted by Crippen LogP contribution is -2.48. The second-order valence-corrected chi connectivity index (χ2v) is 6.21. The summed E-state index contributed by atoms with van der Waals surface area (Å²) in [5.74, 6) is 1.00. The smallest absolute Gasteiger partial charge is 0.151 e. The highest BCUT2D eigenvalue weighted by Gasteiger charge is 2.22. The number of anilines is 1. The van der Waals surface area contributed by atoms with Crippen LogP contribution in [0.3, 0.4) is 0 Å². The van der Waals surface area contributed by atoms with Gasteiger partial charge in [-0.2, -0.15) is 5.10 Å². The van der Waals surface area contributed by atoms with Crippen molar-refractivity contribution in [1.29, 1.82) is 0 Å². The Bertz CT molecular complexity index is 430. The summed E-state index contributed by atoms with van der Waals surface area (Å²) in [4.78, 5) is 2.34. The van der Waals surface area contributed by atoms with Crippen LogP contribution < -0.4 is 10.2 Å². The highest BCUT2D eigenvalue weighted by Crippen LogP contribution is 2.18. The van der Waals surface area contributed by atoms with E-state index >= 15 is 0 Å². The molecule has 21 heavy (non-hydrogen) atoms. The molecule has 5 nitrogen and oxygen atoms in total. The van der Waals surface area contributed by atoms with Crippen molar-refractivity contribution in [2.75, 3.05) is 31.1 Å². The van der Waals surface area contributed by atoms with Crippen molar-refractivity contribution in [3.8, 4) is 0 Å². The van der Waals surface area contributed by atoms with Crippen LogP contribution in [0.4, 0.5) is 5.82 Å². The summed E-state index contributed by atoms with van der Waals surface area (Å²) in [5.41, 5.74) is 0.972. The molecule has 3 rings (SSSR count). The zero-order chi connectivity index (χ0) is 14.5. The van der Waals surface area contributed by atoms with E-state index in [0.29, 0.717) is 12.1 Å². The SMILES string of the molecule is Cc1ccc(N2CCC[C@H](NC[C@H]3CCCCO3)C2)nn1. The minimum atomic E-state index is 0.410. The molecule has 0 saturated carbocycles. The van der Waals surface area contributed by atoms with Crippen LogP contribution in [0.5, 0.6) is 0 Å². The van der Waals surface area contributed by atoms with Crippen LogP contribution in [0, 0.1) is 6.92 Å². The predicted molar refractivity (Wildman–Crippen MR) is 83.6 cm³/mol. The van der Waals surface area contributed by atoms with E-state index in [1.807, 2.05) is 13.0 Å². The number of hydrogen-bond donors (Lipinski definition) is 1. The van der Waals surface area contributed by atoms with Crippen LogP contribution in [-0.2, 0) is 4.74 Å². The second kappa shape index (κ2) is 7.18. The Morgan fingerprint density at radius 3 is 2.95 bits per heavy atom. The van der Waals surface area contributed by atoms with Gasteiger partial charge in [0.05, 0.1) is 11.8 Å². The average Bonchev–Trinajstić information content (AvgIpc) is 2.55. The summed E-state index contributed by atoms with van der Waals surface area (Å²) >= 11 is 0. The van der Waals surface area contributed by atoms with Crippen LogP contribution in [-0.4, -0.2) is 48.6 Å². The summed E-state index contributed by atoms with van der Waals surface area (Å²) < 4.78 is 5.80. The average molecular weight is 290 g/mol. The van der Waals surface area contributed by atoms with E-state index in [4.69, 9.17) is 4.74 Å². The van der Waals surface area contributed by atoms with Gasteiger partial charge in [0, 0.05) is 32.3 Å². The molecule has 2 aliphatic rings. The summed E-state index contributed by atoms with van der Waals surface area (Å²) in [5, 5.41) is 12.2. The summed E-state index contributed by atoms with van der Waals surface area (Å²) in [7, 11) is 0. The molecule has 116 valence electrons. The van der Waals surface area contributed by atoms with Gasteiger partial charge < -0.3 is 15.0 Å². The first kappa shape index (κ1) is 14.7. The number of nitrogens with zero attached hydrogens (tertiary/aromatic N) is 3. The van der Waals surface area contributed by atoms with E-state index < -0.39 is 0 Å². The number of aromatic nitrogens is 2. The van der Waals surface area contributed by atoms with E-state index in [-0.39, 0.29) is 0 Å². The maximum Gasteiger partial charge on any atom is 0.151 e. The highest BCUT2D eigenvalue weighted by atomic mass is 16.5. The lowest BCUT2D eigenvalue weighted by Gasteiger charge is -2.35. The molecule has 0 unspecified atom stereocenters. The molecular formula is C16H26N4O. The third kappa shape index (κ3) is 4.14. The molecule has 0 radical (unpaired) electrons.